The molecule has 10 nitrogen and oxygen atoms in total. The summed E-state index contributed by atoms with van der Waals surface area (Å²) < 4.78 is 22.1. The van der Waals surface area contributed by atoms with Crippen LogP contribution >= 0.6 is 0 Å². The zero-order chi connectivity index (χ0) is 40.9. The summed E-state index contributed by atoms with van der Waals surface area (Å²) in [5.41, 5.74) is 0. The quantitative estimate of drug-likeness (QED) is 0.0283. The Balaban J connectivity index is 2.38. The molecule has 56 heavy (non-hydrogen) atoms. The summed E-state index contributed by atoms with van der Waals surface area (Å²) in [6, 6.07) is 0. The van der Waals surface area contributed by atoms with Crippen LogP contribution in [0, 0.1) is 0 Å². The largest absolute Gasteiger partial charge is 0.462 e. The summed E-state index contributed by atoms with van der Waals surface area (Å²) in [5.74, 6) is -0.861. The molecule has 1 rings (SSSR count). The van der Waals surface area contributed by atoms with Gasteiger partial charge in [0.1, 0.15) is 31.0 Å². The minimum Gasteiger partial charge on any atom is -0.462 e. The topological polar surface area (TPSA) is 152 Å². The van der Waals surface area contributed by atoms with Gasteiger partial charge in [-0.05, 0) is 57.8 Å². The van der Waals surface area contributed by atoms with Crippen LogP contribution in [0.25, 0.3) is 0 Å². The van der Waals surface area contributed by atoms with Crippen LogP contribution in [-0.2, 0) is 28.5 Å². The number of carbonyl (C=O) groups excluding carboxylic acids is 2. The normalized spacial score (nSPS) is 21.1. The third kappa shape index (κ3) is 27.7. The lowest BCUT2D eigenvalue weighted by Crippen LogP contribution is -2.59. The molecule has 0 spiro atoms. The zero-order valence-corrected chi connectivity index (χ0v) is 34.6. The minimum atomic E-state index is -1.61. The van der Waals surface area contributed by atoms with Gasteiger partial charge in [0.25, 0.3) is 0 Å². The summed E-state index contributed by atoms with van der Waals surface area (Å²) in [5, 5.41) is 40.0. The maximum atomic E-state index is 12.7. The van der Waals surface area contributed by atoms with Crippen molar-refractivity contribution in [1.82, 2.24) is 0 Å². The molecule has 0 radical (unpaired) electrons. The van der Waals surface area contributed by atoms with Gasteiger partial charge in [-0.3, -0.25) is 9.59 Å². The molecule has 0 aliphatic carbocycles. The molecule has 1 aliphatic rings. The molecule has 6 atom stereocenters. The van der Waals surface area contributed by atoms with Crippen LogP contribution in [0.15, 0.2) is 72.9 Å². The van der Waals surface area contributed by atoms with Crippen molar-refractivity contribution in [2.45, 2.75) is 185 Å². The molecule has 1 heterocycles. The van der Waals surface area contributed by atoms with Crippen LogP contribution < -0.4 is 0 Å². The summed E-state index contributed by atoms with van der Waals surface area (Å²) in [7, 11) is 0. The van der Waals surface area contributed by atoms with E-state index in [1.807, 2.05) is 18.2 Å². The third-order valence-electron chi connectivity index (χ3n) is 9.45. The first-order valence-electron chi connectivity index (χ1n) is 21.6. The average Bonchev–Trinajstić information content (AvgIpc) is 3.19. The molecule has 0 saturated carbocycles. The highest BCUT2D eigenvalue weighted by Crippen LogP contribution is 2.22. The van der Waals surface area contributed by atoms with E-state index in [4.69, 9.17) is 18.9 Å². The van der Waals surface area contributed by atoms with Crippen molar-refractivity contribution in [3.05, 3.63) is 72.9 Å². The molecule has 320 valence electrons. The van der Waals surface area contributed by atoms with Gasteiger partial charge in [0.15, 0.2) is 12.4 Å². The predicted octanol–water partition coefficient (Wildman–Crippen LogP) is 8.83. The number of hydrogen-bond acceptors (Lipinski definition) is 10. The predicted molar refractivity (Wildman–Crippen MR) is 224 cm³/mol. The number of allylic oxidation sites excluding steroid dienone is 12. The first kappa shape index (κ1) is 51.2. The van der Waals surface area contributed by atoms with Crippen LogP contribution in [0.3, 0.4) is 0 Å². The summed E-state index contributed by atoms with van der Waals surface area (Å²) >= 11 is 0. The van der Waals surface area contributed by atoms with Crippen molar-refractivity contribution >= 4 is 11.9 Å². The number of unbranched alkanes of at least 4 members (excludes halogenated alkanes) is 15. The number of aliphatic hydroxyl groups excluding tert-OH is 4. The van der Waals surface area contributed by atoms with Crippen LogP contribution in [0.5, 0.6) is 0 Å². The standard InChI is InChI=1S/C46H76O10/c1-3-5-7-9-11-13-15-17-18-19-20-21-23-24-26-28-30-32-34-41(48)53-37-39(38-54-46-45(52)44(51)43(50)40(36-47)56-46)55-42(49)35-33-31-29-27-25-22-16-14-12-10-8-6-4-2/h6,8,10,12,14-21,39-40,43-47,50-52H,3-5,7,9,11,13,22-38H2,1-2H3/b8-6+,12-10+,16-14+,17-15+,19-18+,21-20+/t39?,40-,43+,44?,45?,46-/m0/s1. The molecule has 0 aromatic rings. The first-order chi connectivity index (χ1) is 27.3. The van der Waals surface area contributed by atoms with Gasteiger partial charge < -0.3 is 39.4 Å². The summed E-state index contributed by atoms with van der Waals surface area (Å²) in [4.78, 5) is 25.3. The molecule has 4 N–H and O–H groups in total. The van der Waals surface area contributed by atoms with Crippen molar-refractivity contribution in [2.75, 3.05) is 19.8 Å². The van der Waals surface area contributed by atoms with E-state index in [2.05, 4.69) is 68.5 Å². The number of hydrogen-bond donors (Lipinski definition) is 4. The first-order valence-corrected chi connectivity index (χ1v) is 21.6. The molecular weight excluding hydrogens is 712 g/mol. The number of aliphatic hydroxyl groups is 4. The van der Waals surface area contributed by atoms with Gasteiger partial charge in [0.05, 0.1) is 13.2 Å². The van der Waals surface area contributed by atoms with Gasteiger partial charge in [0, 0.05) is 12.8 Å². The smallest absolute Gasteiger partial charge is 0.306 e. The van der Waals surface area contributed by atoms with Gasteiger partial charge >= 0.3 is 11.9 Å². The van der Waals surface area contributed by atoms with Crippen LogP contribution in [-0.4, -0.2) is 89.0 Å². The van der Waals surface area contributed by atoms with Crippen molar-refractivity contribution in [3.63, 3.8) is 0 Å². The van der Waals surface area contributed by atoms with Crippen molar-refractivity contribution in [3.8, 4) is 0 Å². The van der Waals surface area contributed by atoms with Gasteiger partial charge in [-0.15, -0.1) is 0 Å². The van der Waals surface area contributed by atoms with Gasteiger partial charge in [-0.25, -0.2) is 0 Å². The lowest BCUT2D eigenvalue weighted by Gasteiger charge is -2.39. The zero-order valence-electron chi connectivity index (χ0n) is 34.6. The van der Waals surface area contributed by atoms with E-state index in [1.165, 1.54) is 32.1 Å². The van der Waals surface area contributed by atoms with Gasteiger partial charge in [-0.1, -0.05) is 151 Å². The number of carbonyl (C=O) groups is 2. The summed E-state index contributed by atoms with van der Waals surface area (Å²) in [6.45, 7) is 3.21. The van der Waals surface area contributed by atoms with Crippen LogP contribution in [0.4, 0.5) is 0 Å². The second kappa shape index (κ2) is 36.5. The fraction of sp³-hybridized carbons (Fsp3) is 0.696. The molecule has 0 amide bonds. The van der Waals surface area contributed by atoms with Crippen LogP contribution in [0.1, 0.15) is 149 Å². The Labute approximate surface area is 338 Å². The highest BCUT2D eigenvalue weighted by atomic mass is 16.7. The molecule has 0 aromatic heterocycles. The Morgan fingerprint density at radius 1 is 0.571 bits per heavy atom. The number of esters is 2. The van der Waals surface area contributed by atoms with E-state index >= 15 is 0 Å². The Hall–Kier alpha value is -2.86. The van der Waals surface area contributed by atoms with E-state index < -0.39 is 55.4 Å². The van der Waals surface area contributed by atoms with E-state index in [-0.39, 0.29) is 26.1 Å². The van der Waals surface area contributed by atoms with E-state index in [0.29, 0.717) is 12.8 Å². The van der Waals surface area contributed by atoms with Crippen molar-refractivity contribution < 1.29 is 49.0 Å². The number of rotatable bonds is 34. The lowest BCUT2D eigenvalue weighted by atomic mass is 9.99. The molecule has 1 fully saturated rings. The van der Waals surface area contributed by atoms with E-state index in [9.17, 15) is 30.0 Å². The molecule has 10 heteroatoms. The highest BCUT2D eigenvalue weighted by molar-refractivity contribution is 5.70. The molecule has 1 saturated heterocycles. The molecule has 0 bridgehead atoms. The highest BCUT2D eigenvalue weighted by Gasteiger charge is 2.44. The monoisotopic (exact) mass is 789 g/mol. The molecule has 0 aromatic carbocycles. The molecular formula is C46H76O10. The average molecular weight is 789 g/mol. The number of ether oxygens (including phenoxy) is 4. The second-order valence-electron chi connectivity index (χ2n) is 14.5. The van der Waals surface area contributed by atoms with Crippen molar-refractivity contribution in [2.24, 2.45) is 0 Å². The second-order valence-corrected chi connectivity index (χ2v) is 14.5. The molecule has 1 aliphatic heterocycles. The fourth-order valence-corrected chi connectivity index (χ4v) is 6.01. The fourth-order valence-electron chi connectivity index (χ4n) is 6.01. The van der Waals surface area contributed by atoms with Gasteiger partial charge in [0.2, 0.25) is 0 Å². The maximum Gasteiger partial charge on any atom is 0.306 e. The Morgan fingerprint density at radius 3 is 1.57 bits per heavy atom. The summed E-state index contributed by atoms with van der Waals surface area (Å²) in [6.07, 6.45) is 37.6. The third-order valence-corrected chi connectivity index (χ3v) is 9.45. The lowest BCUT2D eigenvalue weighted by molar-refractivity contribution is -0.305. The maximum absolute atomic E-state index is 12.7. The molecule has 3 unspecified atom stereocenters. The van der Waals surface area contributed by atoms with Gasteiger partial charge in [-0.2, -0.15) is 0 Å². The van der Waals surface area contributed by atoms with Crippen LogP contribution in [0.2, 0.25) is 0 Å². The van der Waals surface area contributed by atoms with E-state index in [0.717, 1.165) is 77.0 Å². The SMILES string of the molecule is CC/C=C/C=C/C=C/CCCCCCCC(=O)OC(COC(=O)CCCCCCC/C=C/C=C/C=C/CCCCCCC)CO[C@H]1O[C@@H](CO)[C@@H](O)C(O)C1O. The Bertz CT molecular complexity index is 1140. The Morgan fingerprint density at radius 2 is 1.05 bits per heavy atom. The van der Waals surface area contributed by atoms with Crippen molar-refractivity contribution in [1.29, 1.82) is 0 Å². The Kier molecular flexibility index (Phi) is 33.3. The minimum absolute atomic E-state index is 0.198. The van der Waals surface area contributed by atoms with E-state index in [1.54, 1.807) is 0 Å².